The van der Waals surface area contributed by atoms with Crippen LogP contribution in [0.5, 0.6) is 5.75 Å². The van der Waals surface area contributed by atoms with Gasteiger partial charge in [-0.15, -0.1) is 0 Å². The number of pyridine rings is 1. The Labute approximate surface area is 178 Å². The number of anilines is 2. The van der Waals surface area contributed by atoms with Crippen molar-refractivity contribution in [2.24, 2.45) is 0 Å². The molecule has 0 spiro atoms. The van der Waals surface area contributed by atoms with E-state index in [9.17, 15) is 0 Å². The summed E-state index contributed by atoms with van der Waals surface area (Å²) in [5.41, 5.74) is 3.15. The van der Waals surface area contributed by atoms with Gasteiger partial charge in [0.15, 0.2) is 5.13 Å². The van der Waals surface area contributed by atoms with Crippen LogP contribution in [0.15, 0.2) is 42.5 Å². The van der Waals surface area contributed by atoms with Gasteiger partial charge in [-0.05, 0) is 42.8 Å². The van der Waals surface area contributed by atoms with E-state index in [1.807, 2.05) is 30.3 Å². The molecule has 1 aliphatic heterocycles. The van der Waals surface area contributed by atoms with Crippen LogP contribution in [-0.2, 0) is 0 Å². The molecule has 148 valence electrons. The summed E-state index contributed by atoms with van der Waals surface area (Å²) < 4.78 is 6.66. The second-order valence-corrected chi connectivity index (χ2v) is 8.68. The third kappa shape index (κ3) is 3.36. The van der Waals surface area contributed by atoms with Gasteiger partial charge in [-0.1, -0.05) is 35.1 Å². The third-order valence-corrected chi connectivity index (χ3v) is 6.74. The van der Waals surface area contributed by atoms with Crippen molar-refractivity contribution in [3.63, 3.8) is 0 Å². The number of methoxy groups -OCH3 is 1. The molecule has 5 nitrogen and oxygen atoms in total. The number of halogens is 1. The molecule has 0 amide bonds. The number of benzene rings is 2. The number of rotatable bonds is 3. The highest BCUT2D eigenvalue weighted by Gasteiger charge is 2.22. The zero-order valence-corrected chi connectivity index (χ0v) is 17.9. The van der Waals surface area contributed by atoms with Crippen LogP contribution in [0, 0.1) is 6.92 Å². The molecule has 2 aromatic heterocycles. The van der Waals surface area contributed by atoms with Crippen LogP contribution >= 0.6 is 22.9 Å². The summed E-state index contributed by atoms with van der Waals surface area (Å²) in [5.74, 6) is 1.83. The quantitative estimate of drug-likeness (QED) is 0.455. The summed E-state index contributed by atoms with van der Waals surface area (Å²) in [5, 5.41) is 2.96. The number of aryl methyl sites for hydroxylation is 1. The van der Waals surface area contributed by atoms with Crippen LogP contribution in [0.2, 0.25) is 5.02 Å². The van der Waals surface area contributed by atoms with Gasteiger partial charge in [-0.25, -0.2) is 9.97 Å². The summed E-state index contributed by atoms with van der Waals surface area (Å²) in [4.78, 5) is 14.4. The van der Waals surface area contributed by atoms with Gasteiger partial charge in [-0.3, -0.25) is 0 Å². The Bertz CT molecular complexity index is 1200. The lowest BCUT2D eigenvalue weighted by Crippen LogP contribution is -2.46. The number of hydrogen-bond donors (Lipinski definition) is 0. The first-order valence-electron chi connectivity index (χ1n) is 9.63. The first-order valence-corrected chi connectivity index (χ1v) is 10.8. The van der Waals surface area contributed by atoms with Gasteiger partial charge >= 0.3 is 0 Å². The molecule has 5 rings (SSSR count). The molecular formula is C22H21ClN4OS. The highest BCUT2D eigenvalue weighted by atomic mass is 35.5. The molecule has 1 saturated heterocycles. The highest BCUT2D eigenvalue weighted by molar-refractivity contribution is 7.22. The first-order chi connectivity index (χ1) is 14.1. The van der Waals surface area contributed by atoms with Crippen LogP contribution in [0.3, 0.4) is 0 Å². The van der Waals surface area contributed by atoms with Gasteiger partial charge in [0.1, 0.15) is 17.1 Å². The van der Waals surface area contributed by atoms with Gasteiger partial charge in [0.05, 0.1) is 17.3 Å². The zero-order valence-electron chi connectivity index (χ0n) is 16.4. The molecule has 0 atom stereocenters. The van der Waals surface area contributed by atoms with Crippen molar-refractivity contribution in [1.29, 1.82) is 0 Å². The SMILES string of the molecule is COc1cccc2c(C)cc(N3CCN(c4nc5ccc(Cl)cc5s4)CC3)nc12. The van der Waals surface area contributed by atoms with Crippen LogP contribution in [0.4, 0.5) is 10.9 Å². The first kappa shape index (κ1) is 18.5. The summed E-state index contributed by atoms with van der Waals surface area (Å²) in [6.07, 6.45) is 0. The number of aromatic nitrogens is 2. The van der Waals surface area contributed by atoms with E-state index in [0.717, 1.165) is 69.0 Å². The molecule has 29 heavy (non-hydrogen) atoms. The maximum absolute atomic E-state index is 6.12. The van der Waals surface area contributed by atoms with Crippen molar-refractivity contribution < 1.29 is 4.74 Å². The van der Waals surface area contributed by atoms with Crippen LogP contribution < -0.4 is 14.5 Å². The standard InChI is InChI=1S/C22H21ClN4OS/c1-14-12-20(25-21-16(14)4-3-5-18(21)28-2)26-8-10-27(11-9-26)22-24-17-7-6-15(23)13-19(17)29-22/h3-7,12-13H,8-11H2,1-2H3. The number of ether oxygens (including phenoxy) is 1. The summed E-state index contributed by atoms with van der Waals surface area (Å²) in [6.45, 7) is 5.78. The topological polar surface area (TPSA) is 41.5 Å². The average molecular weight is 425 g/mol. The van der Waals surface area contributed by atoms with E-state index < -0.39 is 0 Å². The van der Waals surface area contributed by atoms with Gasteiger partial charge in [0.25, 0.3) is 0 Å². The average Bonchev–Trinajstić information content (AvgIpc) is 3.16. The van der Waals surface area contributed by atoms with Crippen molar-refractivity contribution >= 4 is 55.0 Å². The van der Waals surface area contributed by atoms with Gasteiger partial charge in [0, 0.05) is 36.6 Å². The Kier molecular flexibility index (Phi) is 4.68. The Morgan fingerprint density at radius 2 is 1.79 bits per heavy atom. The minimum Gasteiger partial charge on any atom is -0.494 e. The van der Waals surface area contributed by atoms with Crippen molar-refractivity contribution in [1.82, 2.24) is 9.97 Å². The van der Waals surface area contributed by atoms with Gasteiger partial charge < -0.3 is 14.5 Å². The minimum atomic E-state index is 0.755. The molecule has 2 aromatic carbocycles. The van der Waals surface area contributed by atoms with Crippen molar-refractivity contribution in [2.75, 3.05) is 43.1 Å². The predicted molar refractivity (Wildman–Crippen MR) is 122 cm³/mol. The lowest BCUT2D eigenvalue weighted by atomic mass is 10.1. The van der Waals surface area contributed by atoms with E-state index in [0.29, 0.717) is 0 Å². The van der Waals surface area contributed by atoms with Crippen LogP contribution in [-0.4, -0.2) is 43.3 Å². The number of para-hydroxylation sites is 1. The summed E-state index contributed by atoms with van der Waals surface area (Å²) in [6, 6.07) is 14.1. The van der Waals surface area contributed by atoms with E-state index in [4.69, 9.17) is 26.3 Å². The second kappa shape index (κ2) is 7.35. The summed E-state index contributed by atoms with van der Waals surface area (Å²) >= 11 is 7.82. The fourth-order valence-corrected chi connectivity index (χ4v) is 5.14. The molecule has 1 fully saturated rings. The monoisotopic (exact) mass is 424 g/mol. The molecule has 0 aliphatic carbocycles. The number of thiazole rings is 1. The normalized spacial score (nSPS) is 14.7. The largest absolute Gasteiger partial charge is 0.494 e. The second-order valence-electron chi connectivity index (χ2n) is 7.24. The Hall–Kier alpha value is -2.57. The molecule has 0 bridgehead atoms. The molecule has 3 heterocycles. The molecule has 1 aliphatic rings. The highest BCUT2D eigenvalue weighted by Crippen LogP contribution is 2.33. The molecule has 0 radical (unpaired) electrons. The Morgan fingerprint density at radius 1 is 1.00 bits per heavy atom. The fraction of sp³-hybridized carbons (Fsp3) is 0.273. The molecule has 7 heteroatoms. The molecular weight excluding hydrogens is 404 g/mol. The number of nitrogens with zero attached hydrogens (tertiary/aromatic N) is 4. The lowest BCUT2D eigenvalue weighted by Gasteiger charge is -2.35. The lowest BCUT2D eigenvalue weighted by molar-refractivity contribution is 0.419. The van der Waals surface area contributed by atoms with Gasteiger partial charge in [-0.2, -0.15) is 0 Å². The van der Waals surface area contributed by atoms with Gasteiger partial charge in [0.2, 0.25) is 0 Å². The zero-order chi connectivity index (χ0) is 20.0. The fourth-order valence-electron chi connectivity index (χ4n) is 3.85. The smallest absolute Gasteiger partial charge is 0.186 e. The number of hydrogen-bond acceptors (Lipinski definition) is 6. The maximum atomic E-state index is 6.12. The van der Waals surface area contributed by atoms with E-state index in [1.165, 1.54) is 5.56 Å². The summed E-state index contributed by atoms with van der Waals surface area (Å²) in [7, 11) is 1.70. The van der Waals surface area contributed by atoms with E-state index in [-0.39, 0.29) is 0 Å². The van der Waals surface area contributed by atoms with E-state index >= 15 is 0 Å². The molecule has 0 N–H and O–H groups in total. The van der Waals surface area contributed by atoms with Crippen LogP contribution in [0.25, 0.3) is 21.1 Å². The Morgan fingerprint density at radius 3 is 2.59 bits per heavy atom. The van der Waals surface area contributed by atoms with Crippen molar-refractivity contribution in [3.8, 4) is 5.75 Å². The number of piperazine rings is 1. The molecule has 4 aromatic rings. The van der Waals surface area contributed by atoms with Crippen molar-refractivity contribution in [3.05, 3.63) is 53.1 Å². The van der Waals surface area contributed by atoms with E-state index in [2.05, 4.69) is 28.9 Å². The van der Waals surface area contributed by atoms with E-state index in [1.54, 1.807) is 18.4 Å². The van der Waals surface area contributed by atoms with Crippen molar-refractivity contribution in [2.45, 2.75) is 6.92 Å². The third-order valence-electron chi connectivity index (χ3n) is 5.43. The predicted octanol–water partition coefficient (Wildman–Crippen LogP) is 5.14. The van der Waals surface area contributed by atoms with Crippen LogP contribution in [0.1, 0.15) is 5.56 Å². The Balaban J connectivity index is 1.38. The molecule has 0 saturated carbocycles. The minimum absolute atomic E-state index is 0.755. The number of fused-ring (bicyclic) bond motifs is 2. The molecule has 0 unspecified atom stereocenters. The maximum Gasteiger partial charge on any atom is 0.186 e.